The monoisotopic (exact) mass is 260 g/mol. The first-order valence-corrected chi connectivity index (χ1v) is 6.66. The molecule has 2 N–H and O–H groups in total. The Labute approximate surface area is 109 Å². The maximum absolute atomic E-state index is 13.2. The number of aromatic nitrogens is 1. The number of rotatable bonds is 2. The number of allylic oxidation sites excluding steroid dienone is 3. The quantitative estimate of drug-likeness (QED) is 0.901. The van der Waals surface area contributed by atoms with Gasteiger partial charge in [-0.15, -0.1) is 11.3 Å². The Bertz CT molecular complexity index is 644. The highest BCUT2D eigenvalue weighted by Crippen LogP contribution is 2.36. The van der Waals surface area contributed by atoms with Crippen LogP contribution in [0.3, 0.4) is 0 Å². The summed E-state index contributed by atoms with van der Waals surface area (Å²) in [5.41, 5.74) is 6.54. The smallest absolute Gasteiger partial charge is 0.124 e. The van der Waals surface area contributed by atoms with Crippen molar-refractivity contribution in [1.29, 1.82) is 0 Å². The highest BCUT2D eigenvalue weighted by atomic mass is 32.1. The van der Waals surface area contributed by atoms with Crippen molar-refractivity contribution in [2.24, 2.45) is 5.73 Å². The van der Waals surface area contributed by atoms with Crippen LogP contribution in [0.25, 0.3) is 10.2 Å². The summed E-state index contributed by atoms with van der Waals surface area (Å²) < 4.78 is 14.1. The van der Waals surface area contributed by atoms with Gasteiger partial charge in [-0.25, -0.2) is 9.37 Å². The highest BCUT2D eigenvalue weighted by Gasteiger charge is 2.31. The number of hydrogen-bond donors (Lipinski definition) is 1. The SMILES string of the molecule is NC[C@]1(c2nc3ccc(F)cc3s2)C=CC=CC1. The second kappa shape index (κ2) is 4.30. The maximum Gasteiger partial charge on any atom is 0.124 e. The van der Waals surface area contributed by atoms with E-state index >= 15 is 0 Å². The van der Waals surface area contributed by atoms with E-state index in [9.17, 15) is 4.39 Å². The predicted molar refractivity (Wildman–Crippen MR) is 73.2 cm³/mol. The van der Waals surface area contributed by atoms with E-state index in [1.165, 1.54) is 23.5 Å². The minimum Gasteiger partial charge on any atom is -0.329 e. The Morgan fingerprint density at radius 2 is 2.28 bits per heavy atom. The van der Waals surface area contributed by atoms with Gasteiger partial charge in [0.2, 0.25) is 0 Å². The Balaban J connectivity index is 2.13. The number of halogens is 1. The first-order valence-electron chi connectivity index (χ1n) is 5.84. The highest BCUT2D eigenvalue weighted by molar-refractivity contribution is 7.18. The number of nitrogens with zero attached hydrogens (tertiary/aromatic N) is 1. The lowest BCUT2D eigenvalue weighted by Crippen LogP contribution is -2.33. The summed E-state index contributed by atoms with van der Waals surface area (Å²) in [5.74, 6) is -0.224. The van der Waals surface area contributed by atoms with E-state index in [-0.39, 0.29) is 11.2 Å². The molecule has 0 saturated heterocycles. The van der Waals surface area contributed by atoms with E-state index < -0.39 is 0 Å². The van der Waals surface area contributed by atoms with Crippen LogP contribution >= 0.6 is 11.3 Å². The molecule has 1 heterocycles. The van der Waals surface area contributed by atoms with Gasteiger partial charge in [-0.3, -0.25) is 0 Å². The first-order chi connectivity index (χ1) is 8.73. The van der Waals surface area contributed by atoms with E-state index in [4.69, 9.17) is 5.73 Å². The van der Waals surface area contributed by atoms with Crippen molar-refractivity contribution < 1.29 is 4.39 Å². The molecule has 0 unspecified atom stereocenters. The van der Waals surface area contributed by atoms with Crippen LogP contribution in [0, 0.1) is 5.82 Å². The maximum atomic E-state index is 13.2. The molecule has 0 spiro atoms. The summed E-state index contributed by atoms with van der Waals surface area (Å²) >= 11 is 1.53. The van der Waals surface area contributed by atoms with Gasteiger partial charge in [0.25, 0.3) is 0 Å². The van der Waals surface area contributed by atoms with Crippen LogP contribution in [0.1, 0.15) is 11.4 Å². The zero-order valence-corrected chi connectivity index (χ0v) is 10.6. The van der Waals surface area contributed by atoms with Gasteiger partial charge in [0.1, 0.15) is 10.8 Å². The fourth-order valence-corrected chi connectivity index (χ4v) is 3.35. The molecule has 1 aliphatic carbocycles. The molecule has 4 heteroatoms. The van der Waals surface area contributed by atoms with Crippen molar-refractivity contribution in [2.75, 3.05) is 6.54 Å². The van der Waals surface area contributed by atoms with Gasteiger partial charge in [-0.05, 0) is 24.6 Å². The van der Waals surface area contributed by atoms with Crippen molar-refractivity contribution >= 4 is 21.6 Å². The number of nitrogens with two attached hydrogens (primary N) is 1. The topological polar surface area (TPSA) is 38.9 Å². The van der Waals surface area contributed by atoms with Crippen LogP contribution in [0.5, 0.6) is 0 Å². The molecule has 92 valence electrons. The zero-order valence-electron chi connectivity index (χ0n) is 9.77. The number of hydrogen-bond acceptors (Lipinski definition) is 3. The molecule has 2 aromatic rings. The van der Waals surface area contributed by atoms with Crippen molar-refractivity contribution in [2.45, 2.75) is 11.8 Å². The summed E-state index contributed by atoms with van der Waals surface area (Å²) in [6.07, 6.45) is 9.06. The van der Waals surface area contributed by atoms with Gasteiger partial charge < -0.3 is 5.73 Å². The van der Waals surface area contributed by atoms with Gasteiger partial charge in [0.05, 0.1) is 15.6 Å². The van der Waals surface area contributed by atoms with Crippen molar-refractivity contribution in [3.05, 3.63) is 53.3 Å². The Kier molecular flexibility index (Phi) is 2.76. The largest absolute Gasteiger partial charge is 0.329 e. The van der Waals surface area contributed by atoms with Crippen molar-refractivity contribution in [3.8, 4) is 0 Å². The van der Waals surface area contributed by atoms with E-state index in [0.29, 0.717) is 6.54 Å². The molecule has 0 saturated carbocycles. The van der Waals surface area contributed by atoms with Gasteiger partial charge >= 0.3 is 0 Å². The van der Waals surface area contributed by atoms with Crippen LogP contribution in [0.2, 0.25) is 0 Å². The van der Waals surface area contributed by atoms with E-state index in [0.717, 1.165) is 21.6 Å². The third kappa shape index (κ3) is 1.78. The van der Waals surface area contributed by atoms with Gasteiger partial charge in [-0.2, -0.15) is 0 Å². The van der Waals surface area contributed by atoms with Crippen LogP contribution in [-0.2, 0) is 5.41 Å². The standard InChI is InChI=1S/C14H13FN2S/c15-10-4-5-11-12(8-10)18-13(17-11)14(9-16)6-2-1-3-7-14/h1-6,8H,7,9,16H2/t14-/m0/s1. The average molecular weight is 260 g/mol. The summed E-state index contributed by atoms with van der Waals surface area (Å²) in [7, 11) is 0. The average Bonchev–Trinajstić information content (AvgIpc) is 2.83. The minimum absolute atomic E-state index is 0.224. The van der Waals surface area contributed by atoms with Crippen molar-refractivity contribution in [3.63, 3.8) is 0 Å². The second-order valence-electron chi connectivity index (χ2n) is 4.48. The van der Waals surface area contributed by atoms with Crippen LogP contribution in [-0.4, -0.2) is 11.5 Å². The van der Waals surface area contributed by atoms with Gasteiger partial charge in [0, 0.05) is 6.54 Å². The summed E-state index contributed by atoms with van der Waals surface area (Å²) in [6, 6.07) is 4.69. The number of benzene rings is 1. The Hall–Kier alpha value is -1.52. The molecular formula is C14H13FN2S. The summed E-state index contributed by atoms with van der Waals surface area (Å²) in [4.78, 5) is 4.61. The lowest BCUT2D eigenvalue weighted by molar-refractivity contribution is 0.547. The molecular weight excluding hydrogens is 247 g/mol. The zero-order chi connectivity index (χ0) is 12.6. The normalized spacial score (nSPS) is 22.8. The fraction of sp³-hybridized carbons (Fsp3) is 0.214. The minimum atomic E-state index is -0.227. The summed E-state index contributed by atoms with van der Waals surface area (Å²) in [6.45, 7) is 0.510. The number of thiazole rings is 1. The third-order valence-corrected chi connectivity index (χ3v) is 4.52. The molecule has 18 heavy (non-hydrogen) atoms. The fourth-order valence-electron chi connectivity index (χ4n) is 2.17. The molecule has 0 fully saturated rings. The predicted octanol–water partition coefficient (Wildman–Crippen LogP) is 3.15. The summed E-state index contributed by atoms with van der Waals surface area (Å²) in [5, 5.41) is 0.964. The molecule has 1 aliphatic rings. The molecule has 2 nitrogen and oxygen atoms in total. The molecule has 0 aliphatic heterocycles. The molecule has 3 rings (SSSR count). The molecule has 0 amide bonds. The second-order valence-corrected chi connectivity index (χ2v) is 5.51. The van der Waals surface area contributed by atoms with Crippen LogP contribution < -0.4 is 5.73 Å². The van der Waals surface area contributed by atoms with Crippen molar-refractivity contribution in [1.82, 2.24) is 4.98 Å². The third-order valence-electron chi connectivity index (χ3n) is 3.29. The van der Waals surface area contributed by atoms with E-state index in [1.807, 2.05) is 12.2 Å². The Morgan fingerprint density at radius 1 is 1.39 bits per heavy atom. The molecule has 0 bridgehead atoms. The van der Waals surface area contributed by atoms with Crippen LogP contribution in [0.15, 0.2) is 42.5 Å². The number of fused-ring (bicyclic) bond motifs is 1. The molecule has 1 aromatic carbocycles. The lowest BCUT2D eigenvalue weighted by Gasteiger charge is -2.27. The Morgan fingerprint density at radius 3 is 3.00 bits per heavy atom. The van der Waals surface area contributed by atoms with Gasteiger partial charge in [-0.1, -0.05) is 24.3 Å². The van der Waals surface area contributed by atoms with E-state index in [1.54, 1.807) is 6.07 Å². The van der Waals surface area contributed by atoms with E-state index in [2.05, 4.69) is 17.1 Å². The van der Waals surface area contributed by atoms with Gasteiger partial charge in [0.15, 0.2) is 0 Å². The lowest BCUT2D eigenvalue weighted by atomic mass is 9.82. The molecule has 0 radical (unpaired) electrons. The molecule has 1 atom stereocenters. The first kappa shape index (κ1) is 11.6. The molecule has 1 aromatic heterocycles. The van der Waals surface area contributed by atoms with Crippen LogP contribution in [0.4, 0.5) is 4.39 Å².